The third-order valence-electron chi connectivity index (χ3n) is 6.78. The van der Waals surface area contributed by atoms with Crippen LogP contribution in [0.3, 0.4) is 0 Å². The predicted molar refractivity (Wildman–Crippen MR) is 163 cm³/mol. The number of carbonyl (C=O) groups is 2. The summed E-state index contributed by atoms with van der Waals surface area (Å²) in [5, 5.41) is 18.8. The van der Waals surface area contributed by atoms with Gasteiger partial charge in [0.15, 0.2) is 5.60 Å². The first-order valence-corrected chi connectivity index (χ1v) is 14.7. The molecule has 0 saturated carbocycles. The van der Waals surface area contributed by atoms with Crippen molar-refractivity contribution in [3.05, 3.63) is 109 Å². The molecule has 0 fully saturated rings. The molecule has 17 nitrogen and oxygen atoms in total. The topological polar surface area (TPSA) is 211 Å². The zero-order valence-electron chi connectivity index (χ0n) is 26.7. The lowest BCUT2D eigenvalue weighted by atomic mass is 9.81. The number of esters is 1. The smallest absolute Gasteiger partial charge is 0.444 e. The second-order valence-corrected chi connectivity index (χ2v) is 10.3. The molecular weight excluding hydrogens is 636 g/mol. The van der Waals surface area contributed by atoms with Gasteiger partial charge in [-0.1, -0.05) is 60.7 Å². The van der Waals surface area contributed by atoms with Crippen LogP contribution in [-0.2, 0) is 39.0 Å². The van der Waals surface area contributed by atoms with Gasteiger partial charge in [0.2, 0.25) is 12.4 Å². The summed E-state index contributed by atoms with van der Waals surface area (Å²) >= 11 is 0. The van der Waals surface area contributed by atoms with Crippen molar-refractivity contribution in [3.63, 3.8) is 0 Å². The van der Waals surface area contributed by atoms with Gasteiger partial charge in [0.1, 0.15) is 12.7 Å². The third-order valence-corrected chi connectivity index (χ3v) is 6.78. The maximum Gasteiger partial charge on any atom is 0.511 e. The predicted octanol–water partition coefficient (Wildman–Crippen LogP) is 4.43. The van der Waals surface area contributed by atoms with Crippen molar-refractivity contribution in [2.75, 3.05) is 20.3 Å². The summed E-state index contributed by atoms with van der Waals surface area (Å²) in [5.74, 6) is -0.971. The first-order valence-electron chi connectivity index (χ1n) is 14.7. The molecule has 3 unspecified atom stereocenters. The molecule has 0 aliphatic carbocycles. The fourth-order valence-corrected chi connectivity index (χ4v) is 4.81. The Labute approximate surface area is 275 Å². The van der Waals surface area contributed by atoms with Gasteiger partial charge in [0.25, 0.3) is 10.2 Å². The molecule has 3 rings (SSSR count). The molecule has 0 saturated heterocycles. The summed E-state index contributed by atoms with van der Waals surface area (Å²) in [6, 6.07) is 19.4. The van der Waals surface area contributed by atoms with E-state index in [1.165, 1.54) is 14.0 Å². The fourth-order valence-electron chi connectivity index (χ4n) is 4.81. The third kappa shape index (κ3) is 10.8. The monoisotopic (exact) mass is 672 g/mol. The van der Waals surface area contributed by atoms with E-state index in [0.29, 0.717) is 22.5 Å². The summed E-state index contributed by atoms with van der Waals surface area (Å²) in [4.78, 5) is 64.5. The molecule has 3 aromatic rings. The van der Waals surface area contributed by atoms with Gasteiger partial charge in [-0.25, -0.2) is 19.6 Å². The van der Waals surface area contributed by atoms with E-state index in [-0.39, 0.29) is 31.9 Å². The molecule has 0 N–H and O–H groups in total. The van der Waals surface area contributed by atoms with Crippen LogP contribution in [0.25, 0.3) is 0 Å². The molecular formula is C31H36N4O13. The van der Waals surface area contributed by atoms with Crippen LogP contribution in [0, 0.1) is 34.1 Å². The van der Waals surface area contributed by atoms with E-state index < -0.39 is 53.0 Å². The normalized spacial score (nSPS) is 12.9. The zero-order valence-corrected chi connectivity index (χ0v) is 26.7. The van der Waals surface area contributed by atoms with Crippen molar-refractivity contribution in [1.82, 2.24) is 9.97 Å². The van der Waals surface area contributed by atoms with Crippen LogP contribution in [0.4, 0.5) is 4.79 Å². The van der Waals surface area contributed by atoms with Crippen molar-refractivity contribution in [2.24, 2.45) is 0 Å². The Morgan fingerprint density at radius 3 is 1.98 bits per heavy atom. The van der Waals surface area contributed by atoms with Crippen molar-refractivity contribution in [3.8, 4) is 6.01 Å². The summed E-state index contributed by atoms with van der Waals surface area (Å²) in [5.41, 5.74) is 0.708. The van der Waals surface area contributed by atoms with E-state index in [9.17, 15) is 29.8 Å². The quantitative estimate of drug-likeness (QED) is 0.0567. The Morgan fingerprint density at radius 2 is 1.46 bits per heavy atom. The largest absolute Gasteiger partial charge is 0.511 e. The van der Waals surface area contributed by atoms with Crippen LogP contribution in [0.1, 0.15) is 48.7 Å². The van der Waals surface area contributed by atoms with Crippen LogP contribution < -0.4 is 4.74 Å². The molecule has 0 aliphatic rings. The number of hydrogen-bond donors (Lipinski definition) is 0. The van der Waals surface area contributed by atoms with Gasteiger partial charge in [0, 0.05) is 25.4 Å². The lowest BCUT2D eigenvalue weighted by molar-refractivity contribution is -0.790. The number of rotatable bonds is 19. The Bertz CT molecular complexity index is 1450. The number of methoxy groups -OCH3 is 1. The van der Waals surface area contributed by atoms with Crippen molar-refractivity contribution in [2.45, 2.75) is 64.1 Å². The molecule has 258 valence electrons. The average Bonchev–Trinajstić information content (AvgIpc) is 3.03. The molecule has 1 aromatic heterocycles. The van der Waals surface area contributed by atoms with Gasteiger partial charge < -0.3 is 33.4 Å². The first kappa shape index (κ1) is 36.9. The Hall–Kier alpha value is -5.58. The lowest BCUT2D eigenvalue weighted by Gasteiger charge is -2.38. The highest BCUT2D eigenvalue weighted by Crippen LogP contribution is 2.39. The number of ether oxygens (including phenoxy) is 5. The number of aryl methyl sites for hydroxylation is 2. The van der Waals surface area contributed by atoms with Crippen LogP contribution in [-0.4, -0.2) is 71.1 Å². The molecule has 0 spiro atoms. The minimum absolute atomic E-state index is 0.0108. The van der Waals surface area contributed by atoms with E-state index in [0.717, 1.165) is 0 Å². The van der Waals surface area contributed by atoms with Crippen LogP contribution in [0.15, 0.2) is 66.7 Å². The van der Waals surface area contributed by atoms with Gasteiger partial charge in [-0.05, 0) is 50.3 Å². The number of benzene rings is 2. The number of unbranched alkanes of at least 4 members (excludes halogenated alkanes) is 1. The summed E-state index contributed by atoms with van der Waals surface area (Å²) in [6.45, 7) is 3.98. The molecule has 48 heavy (non-hydrogen) atoms. The molecule has 0 aliphatic heterocycles. The van der Waals surface area contributed by atoms with E-state index in [1.54, 1.807) is 80.6 Å². The molecule has 3 atom stereocenters. The SMILES string of the molecule is COC(c1ccccc1)(c1ccccc1)C(Oc1nc(C)cc(C)n1)C(=O)OC(C)OC(=O)OCCCCC(CO[N+](=O)[O-])O[N+](=O)[O-]. The van der Waals surface area contributed by atoms with Gasteiger partial charge >= 0.3 is 18.1 Å². The fraction of sp³-hybridized carbons (Fsp3) is 0.419. The summed E-state index contributed by atoms with van der Waals surface area (Å²) in [7, 11) is 1.42. The lowest BCUT2D eigenvalue weighted by Crippen LogP contribution is -2.52. The average molecular weight is 673 g/mol. The van der Waals surface area contributed by atoms with Crippen LogP contribution in [0.2, 0.25) is 0 Å². The highest BCUT2D eigenvalue weighted by atomic mass is 17.0. The number of aromatic nitrogens is 2. The van der Waals surface area contributed by atoms with Crippen molar-refractivity contribution in [1.29, 1.82) is 0 Å². The Balaban J connectivity index is 1.73. The minimum Gasteiger partial charge on any atom is -0.444 e. The number of nitrogens with zero attached hydrogens (tertiary/aromatic N) is 4. The maximum absolute atomic E-state index is 14.0. The number of hydrogen-bond acceptors (Lipinski definition) is 15. The first-order chi connectivity index (χ1) is 22.9. The van der Waals surface area contributed by atoms with Gasteiger partial charge in [-0.3, -0.25) is 0 Å². The molecule has 2 aromatic carbocycles. The molecule has 17 heteroatoms. The van der Waals surface area contributed by atoms with E-state index in [1.807, 2.05) is 0 Å². The zero-order chi connectivity index (χ0) is 35.1. The molecule has 0 bridgehead atoms. The van der Waals surface area contributed by atoms with Crippen molar-refractivity contribution >= 4 is 12.1 Å². The van der Waals surface area contributed by atoms with E-state index in [4.69, 9.17) is 23.7 Å². The Morgan fingerprint density at radius 1 is 0.875 bits per heavy atom. The molecule has 1 heterocycles. The standard InChI is InChI=1S/C31H36N4O13/c1-21-19-22(2)33-29(32-21)47-27(31(42-4,24-13-7-5-8-14-24)25-15-9-6-10-16-25)28(36)45-23(3)46-30(37)43-18-12-11-17-26(48-35(40)41)20-44-34(38)39/h5-10,13-16,19,23,26-27H,11-12,17-18,20H2,1-4H3. The summed E-state index contributed by atoms with van der Waals surface area (Å²) in [6.07, 6.45) is -4.91. The second-order valence-electron chi connectivity index (χ2n) is 10.3. The number of carbonyl (C=O) groups excluding carboxylic acids is 2. The highest BCUT2D eigenvalue weighted by molar-refractivity contribution is 5.78. The van der Waals surface area contributed by atoms with E-state index >= 15 is 0 Å². The Kier molecular flexibility index (Phi) is 13.8. The van der Waals surface area contributed by atoms with Crippen LogP contribution in [0.5, 0.6) is 6.01 Å². The minimum atomic E-state index is -1.58. The van der Waals surface area contributed by atoms with Gasteiger partial charge in [-0.15, -0.1) is 20.2 Å². The summed E-state index contributed by atoms with van der Waals surface area (Å²) < 4.78 is 28.0. The van der Waals surface area contributed by atoms with Crippen LogP contribution >= 0.6 is 0 Å². The molecule has 0 amide bonds. The highest BCUT2D eigenvalue weighted by Gasteiger charge is 2.50. The van der Waals surface area contributed by atoms with Crippen molar-refractivity contribution < 1.29 is 53.1 Å². The molecule has 0 radical (unpaired) electrons. The maximum atomic E-state index is 14.0. The van der Waals surface area contributed by atoms with E-state index in [2.05, 4.69) is 19.6 Å². The van der Waals surface area contributed by atoms with Gasteiger partial charge in [0.05, 0.1) is 6.61 Å². The second kappa shape index (κ2) is 17.9. The van der Waals surface area contributed by atoms with Gasteiger partial charge in [-0.2, -0.15) is 0 Å².